The molecule has 1 fully saturated rings. The highest BCUT2D eigenvalue weighted by atomic mass is 16.5. The highest BCUT2D eigenvalue weighted by Crippen LogP contribution is 2.31. The lowest BCUT2D eigenvalue weighted by Gasteiger charge is -2.24. The lowest BCUT2D eigenvalue weighted by molar-refractivity contribution is 0.161. The number of aromatic hydroxyl groups is 1. The minimum Gasteiger partial charge on any atom is -0.504 e. The van der Waals surface area contributed by atoms with E-state index in [1.54, 1.807) is 18.2 Å². The molecule has 0 aromatic heterocycles. The number of benzene rings is 1. The summed E-state index contributed by atoms with van der Waals surface area (Å²) in [6.07, 6.45) is 2.30. The van der Waals surface area contributed by atoms with Crippen molar-refractivity contribution in [2.75, 3.05) is 19.7 Å². The van der Waals surface area contributed by atoms with Crippen molar-refractivity contribution in [1.29, 1.82) is 0 Å². The molecular weight excluding hydrogens is 218 g/mol. The monoisotopic (exact) mass is 237 g/mol. The Morgan fingerprint density at radius 3 is 2.82 bits per heavy atom. The predicted octanol–water partition coefficient (Wildman–Crippen LogP) is 1.92. The van der Waals surface area contributed by atoms with Gasteiger partial charge in [0, 0.05) is 6.07 Å². The Hall–Kier alpha value is -1.42. The van der Waals surface area contributed by atoms with Crippen LogP contribution in [0.15, 0.2) is 18.2 Å². The fourth-order valence-corrected chi connectivity index (χ4v) is 1.94. The van der Waals surface area contributed by atoms with Crippen molar-refractivity contribution in [1.82, 2.24) is 5.32 Å². The Balaban J connectivity index is 2.02. The number of phenolic OH excluding ortho intramolecular Hbond substituents is 1. The predicted molar refractivity (Wildman–Crippen MR) is 65.8 cm³/mol. The lowest BCUT2D eigenvalue weighted by Crippen LogP contribution is -2.34. The van der Waals surface area contributed by atoms with Crippen LogP contribution < -0.4 is 14.8 Å². The molecule has 0 atom stereocenters. The van der Waals surface area contributed by atoms with E-state index >= 15 is 0 Å². The SMILES string of the molecule is CCOc1cc(OC2CCNCC2)ccc1O. The second kappa shape index (κ2) is 5.77. The molecule has 0 amide bonds. The van der Waals surface area contributed by atoms with Gasteiger partial charge < -0.3 is 19.9 Å². The van der Waals surface area contributed by atoms with Gasteiger partial charge >= 0.3 is 0 Å². The van der Waals surface area contributed by atoms with Gasteiger partial charge in [-0.15, -0.1) is 0 Å². The zero-order valence-electron chi connectivity index (χ0n) is 10.1. The first kappa shape index (κ1) is 12.0. The van der Waals surface area contributed by atoms with Crippen LogP contribution in [0.3, 0.4) is 0 Å². The maximum Gasteiger partial charge on any atom is 0.164 e. The van der Waals surface area contributed by atoms with E-state index in [1.165, 1.54) is 0 Å². The van der Waals surface area contributed by atoms with Gasteiger partial charge in [-0.2, -0.15) is 0 Å². The molecule has 0 bridgehead atoms. The first-order valence-corrected chi connectivity index (χ1v) is 6.12. The number of rotatable bonds is 4. The van der Waals surface area contributed by atoms with Crippen LogP contribution in [0.25, 0.3) is 0 Å². The van der Waals surface area contributed by atoms with Gasteiger partial charge in [0.25, 0.3) is 0 Å². The van der Waals surface area contributed by atoms with Crippen molar-refractivity contribution in [2.45, 2.75) is 25.9 Å². The van der Waals surface area contributed by atoms with Gasteiger partial charge in [0.1, 0.15) is 11.9 Å². The normalized spacial score (nSPS) is 16.8. The second-order valence-electron chi connectivity index (χ2n) is 4.13. The number of piperidine rings is 1. The minimum atomic E-state index is 0.157. The zero-order valence-corrected chi connectivity index (χ0v) is 10.1. The zero-order chi connectivity index (χ0) is 12.1. The number of ether oxygens (including phenoxy) is 2. The fourth-order valence-electron chi connectivity index (χ4n) is 1.94. The molecule has 1 aromatic carbocycles. The van der Waals surface area contributed by atoms with E-state index in [-0.39, 0.29) is 11.9 Å². The van der Waals surface area contributed by atoms with E-state index in [2.05, 4.69) is 5.32 Å². The molecule has 17 heavy (non-hydrogen) atoms. The van der Waals surface area contributed by atoms with E-state index < -0.39 is 0 Å². The van der Waals surface area contributed by atoms with E-state index in [0.717, 1.165) is 31.7 Å². The quantitative estimate of drug-likeness (QED) is 0.840. The molecule has 1 heterocycles. The van der Waals surface area contributed by atoms with E-state index in [1.807, 2.05) is 6.92 Å². The molecule has 4 nitrogen and oxygen atoms in total. The van der Waals surface area contributed by atoms with Gasteiger partial charge in [0.2, 0.25) is 0 Å². The summed E-state index contributed by atoms with van der Waals surface area (Å²) in [5, 5.41) is 12.9. The third kappa shape index (κ3) is 3.27. The molecule has 0 radical (unpaired) electrons. The van der Waals surface area contributed by atoms with Crippen LogP contribution in [-0.4, -0.2) is 30.9 Å². The molecule has 1 saturated heterocycles. The van der Waals surface area contributed by atoms with Crippen LogP contribution in [0.4, 0.5) is 0 Å². The molecule has 4 heteroatoms. The van der Waals surface area contributed by atoms with Crippen molar-refractivity contribution in [3.05, 3.63) is 18.2 Å². The molecule has 0 saturated carbocycles. The summed E-state index contributed by atoms with van der Waals surface area (Å²) < 4.78 is 11.2. The summed E-state index contributed by atoms with van der Waals surface area (Å²) in [4.78, 5) is 0. The largest absolute Gasteiger partial charge is 0.504 e. The lowest BCUT2D eigenvalue weighted by atomic mass is 10.1. The van der Waals surface area contributed by atoms with Gasteiger partial charge in [-0.25, -0.2) is 0 Å². The molecule has 1 aliphatic heterocycles. The Kier molecular flexibility index (Phi) is 4.09. The van der Waals surface area contributed by atoms with Crippen LogP contribution in [0.2, 0.25) is 0 Å². The number of nitrogens with one attached hydrogen (secondary N) is 1. The highest BCUT2D eigenvalue weighted by molar-refractivity contribution is 5.44. The molecule has 2 rings (SSSR count). The molecule has 0 unspecified atom stereocenters. The number of hydrogen-bond acceptors (Lipinski definition) is 4. The van der Waals surface area contributed by atoms with Crippen LogP contribution in [0.1, 0.15) is 19.8 Å². The first-order chi connectivity index (χ1) is 8.29. The summed E-state index contributed by atoms with van der Waals surface area (Å²) in [6, 6.07) is 5.14. The maximum atomic E-state index is 9.58. The molecule has 2 N–H and O–H groups in total. The smallest absolute Gasteiger partial charge is 0.164 e. The van der Waals surface area contributed by atoms with E-state index in [0.29, 0.717) is 12.4 Å². The van der Waals surface area contributed by atoms with Crippen LogP contribution in [-0.2, 0) is 0 Å². The van der Waals surface area contributed by atoms with Crippen molar-refractivity contribution in [3.63, 3.8) is 0 Å². The van der Waals surface area contributed by atoms with Crippen LogP contribution >= 0.6 is 0 Å². The molecular formula is C13H19NO3. The van der Waals surface area contributed by atoms with Gasteiger partial charge in [0.15, 0.2) is 11.5 Å². The molecule has 0 aliphatic carbocycles. The summed E-state index contributed by atoms with van der Waals surface area (Å²) in [7, 11) is 0. The van der Waals surface area contributed by atoms with E-state index in [9.17, 15) is 5.11 Å². The minimum absolute atomic E-state index is 0.157. The Morgan fingerprint density at radius 1 is 1.35 bits per heavy atom. The van der Waals surface area contributed by atoms with Gasteiger partial charge in [0.05, 0.1) is 6.61 Å². The maximum absolute atomic E-state index is 9.58. The Morgan fingerprint density at radius 2 is 2.12 bits per heavy atom. The summed E-state index contributed by atoms with van der Waals surface area (Å²) >= 11 is 0. The van der Waals surface area contributed by atoms with Crippen LogP contribution in [0, 0.1) is 0 Å². The average molecular weight is 237 g/mol. The van der Waals surface area contributed by atoms with Crippen molar-refractivity contribution in [2.24, 2.45) is 0 Å². The Bertz CT molecular complexity index is 362. The molecule has 0 spiro atoms. The first-order valence-electron chi connectivity index (χ1n) is 6.12. The Labute approximate surface area is 102 Å². The highest BCUT2D eigenvalue weighted by Gasteiger charge is 2.15. The summed E-state index contributed by atoms with van der Waals surface area (Å²) in [5.41, 5.74) is 0. The van der Waals surface area contributed by atoms with E-state index in [4.69, 9.17) is 9.47 Å². The molecule has 94 valence electrons. The van der Waals surface area contributed by atoms with Crippen molar-refractivity contribution < 1.29 is 14.6 Å². The number of phenols is 1. The van der Waals surface area contributed by atoms with Crippen molar-refractivity contribution >= 4 is 0 Å². The molecule has 1 aliphatic rings. The van der Waals surface area contributed by atoms with Gasteiger partial charge in [-0.3, -0.25) is 0 Å². The summed E-state index contributed by atoms with van der Waals surface area (Å²) in [6.45, 7) is 4.42. The fraction of sp³-hybridized carbons (Fsp3) is 0.538. The van der Waals surface area contributed by atoms with Gasteiger partial charge in [-0.05, 0) is 45.0 Å². The third-order valence-electron chi connectivity index (χ3n) is 2.82. The molecule has 1 aromatic rings. The second-order valence-corrected chi connectivity index (χ2v) is 4.13. The number of hydrogen-bond donors (Lipinski definition) is 2. The third-order valence-corrected chi connectivity index (χ3v) is 2.82. The van der Waals surface area contributed by atoms with Crippen molar-refractivity contribution in [3.8, 4) is 17.2 Å². The standard InChI is InChI=1S/C13H19NO3/c1-2-16-13-9-11(3-4-12(13)15)17-10-5-7-14-8-6-10/h3-4,9-10,14-15H,2,5-8H2,1H3. The van der Waals surface area contributed by atoms with Gasteiger partial charge in [-0.1, -0.05) is 0 Å². The topological polar surface area (TPSA) is 50.7 Å². The summed E-state index contributed by atoms with van der Waals surface area (Å²) in [5.74, 6) is 1.40. The average Bonchev–Trinajstić information content (AvgIpc) is 2.35. The van der Waals surface area contributed by atoms with Crippen LogP contribution in [0.5, 0.6) is 17.2 Å².